The summed E-state index contributed by atoms with van der Waals surface area (Å²) in [6.07, 6.45) is -3.58. The maximum absolute atomic E-state index is 13.7. The van der Waals surface area contributed by atoms with Crippen LogP contribution >= 0.6 is 11.6 Å². The van der Waals surface area contributed by atoms with Crippen molar-refractivity contribution in [3.8, 4) is 5.75 Å². The van der Waals surface area contributed by atoms with E-state index in [4.69, 9.17) is 22.1 Å². The van der Waals surface area contributed by atoms with Crippen molar-refractivity contribution in [1.82, 2.24) is 9.66 Å². The van der Waals surface area contributed by atoms with Crippen LogP contribution < -0.4 is 16.0 Å². The fraction of sp³-hybridized carbons (Fsp3) is 0.105. The van der Waals surface area contributed by atoms with Crippen molar-refractivity contribution >= 4 is 23.8 Å². The molecule has 6 nitrogen and oxygen atoms in total. The van der Waals surface area contributed by atoms with E-state index in [1.807, 2.05) is 0 Å². The van der Waals surface area contributed by atoms with Gasteiger partial charge in [0, 0.05) is 11.6 Å². The fourth-order valence-electron chi connectivity index (χ4n) is 2.36. The number of aromatic nitrogens is 2. The van der Waals surface area contributed by atoms with Crippen LogP contribution in [0.2, 0.25) is 5.02 Å². The zero-order chi connectivity index (χ0) is 21.9. The fourth-order valence-corrected chi connectivity index (χ4v) is 2.57. The first kappa shape index (κ1) is 21.3. The molecule has 11 heteroatoms. The number of hydrogen-bond donors (Lipinski definition) is 1. The molecule has 0 aliphatic rings. The number of rotatable bonds is 5. The second kappa shape index (κ2) is 8.54. The van der Waals surface area contributed by atoms with Crippen LogP contribution in [0.25, 0.3) is 0 Å². The molecule has 1 heterocycles. The molecule has 1 aromatic heterocycles. The summed E-state index contributed by atoms with van der Waals surface area (Å²) in [5.41, 5.74) is 3.65. The number of hydrogen-bond acceptors (Lipinski definition) is 5. The second-order valence-electron chi connectivity index (χ2n) is 5.95. The lowest BCUT2D eigenvalue weighted by Crippen LogP contribution is -2.24. The first-order chi connectivity index (χ1) is 14.1. The van der Waals surface area contributed by atoms with Gasteiger partial charge in [-0.1, -0.05) is 17.7 Å². The Labute approximate surface area is 172 Å². The van der Waals surface area contributed by atoms with Gasteiger partial charge in [-0.05, 0) is 42.0 Å². The molecule has 2 N–H and O–H groups in total. The molecule has 0 aliphatic carbocycles. The van der Waals surface area contributed by atoms with Crippen molar-refractivity contribution in [2.75, 3.05) is 5.73 Å². The van der Waals surface area contributed by atoms with Crippen LogP contribution in [-0.2, 0) is 12.8 Å². The van der Waals surface area contributed by atoms with Crippen molar-refractivity contribution in [3.05, 3.63) is 86.5 Å². The third-order valence-electron chi connectivity index (χ3n) is 3.86. The van der Waals surface area contributed by atoms with Crippen LogP contribution in [0.15, 0.2) is 58.4 Å². The molecular formula is C19H13ClF4N4O2. The summed E-state index contributed by atoms with van der Waals surface area (Å²) < 4.78 is 57.7. The second-order valence-corrected chi connectivity index (χ2v) is 6.36. The topological polar surface area (TPSA) is 82.5 Å². The van der Waals surface area contributed by atoms with Gasteiger partial charge in [-0.2, -0.15) is 22.9 Å². The van der Waals surface area contributed by atoms with Gasteiger partial charge in [0.15, 0.2) is 5.69 Å². The maximum Gasteiger partial charge on any atom is 0.433 e. The Kier molecular flexibility index (Phi) is 6.06. The minimum absolute atomic E-state index is 0.0813. The number of nitrogens with two attached hydrogens (primary N) is 1. The van der Waals surface area contributed by atoms with Gasteiger partial charge in [-0.3, -0.25) is 4.79 Å². The van der Waals surface area contributed by atoms with Crippen molar-refractivity contribution < 1.29 is 22.3 Å². The van der Waals surface area contributed by atoms with E-state index in [-0.39, 0.29) is 17.2 Å². The first-order valence-corrected chi connectivity index (χ1v) is 8.70. The van der Waals surface area contributed by atoms with E-state index in [0.29, 0.717) is 22.1 Å². The van der Waals surface area contributed by atoms with E-state index in [0.717, 1.165) is 0 Å². The van der Waals surface area contributed by atoms with Gasteiger partial charge in [0.05, 0.1) is 11.2 Å². The Hall–Kier alpha value is -3.40. The molecule has 0 aliphatic heterocycles. The minimum Gasteiger partial charge on any atom is -0.489 e. The van der Waals surface area contributed by atoms with Gasteiger partial charge in [0.25, 0.3) is 5.56 Å². The predicted molar refractivity (Wildman–Crippen MR) is 103 cm³/mol. The van der Waals surface area contributed by atoms with Crippen molar-refractivity contribution in [1.29, 1.82) is 0 Å². The average Bonchev–Trinajstić information content (AvgIpc) is 2.67. The van der Waals surface area contributed by atoms with Crippen LogP contribution in [-0.4, -0.2) is 15.9 Å². The van der Waals surface area contributed by atoms with Gasteiger partial charge in [-0.15, -0.1) is 0 Å². The largest absolute Gasteiger partial charge is 0.489 e. The molecule has 0 fully saturated rings. The van der Waals surface area contributed by atoms with E-state index < -0.39 is 29.2 Å². The number of anilines is 1. The number of nitrogen functional groups attached to an aromatic ring is 1. The van der Waals surface area contributed by atoms with Gasteiger partial charge in [0.1, 0.15) is 18.2 Å². The third-order valence-corrected chi connectivity index (χ3v) is 4.21. The maximum atomic E-state index is 13.7. The first-order valence-electron chi connectivity index (χ1n) is 8.32. The van der Waals surface area contributed by atoms with Crippen molar-refractivity contribution in [2.45, 2.75) is 12.8 Å². The summed E-state index contributed by atoms with van der Waals surface area (Å²) in [4.78, 5) is 15.0. The minimum atomic E-state index is -4.79. The lowest BCUT2D eigenvalue weighted by atomic mass is 10.2. The van der Waals surface area contributed by atoms with Gasteiger partial charge < -0.3 is 10.5 Å². The summed E-state index contributed by atoms with van der Waals surface area (Å²) in [6, 6.07) is 10.9. The van der Waals surface area contributed by atoms with E-state index >= 15 is 0 Å². The normalized spacial score (nSPS) is 11.8. The third kappa shape index (κ3) is 4.95. The molecule has 3 rings (SSSR count). The van der Waals surface area contributed by atoms with Crippen LogP contribution in [0, 0.1) is 5.82 Å². The monoisotopic (exact) mass is 440 g/mol. The molecule has 0 amide bonds. The standard InChI is InChI=1S/C19H13ClF4N4O2/c20-14-2-1-3-15(21)13(14)10-30-12-6-4-11(5-7-12)9-26-28-17(29)8-16(19(22,23)24)27-18(28)25/h1-9H,10H2,(H2,25,27)/b26-9+. The Morgan fingerprint density at radius 1 is 1.20 bits per heavy atom. The van der Waals surface area contributed by atoms with E-state index in [1.165, 1.54) is 18.3 Å². The Balaban J connectivity index is 1.72. The predicted octanol–water partition coefficient (Wildman–Crippen LogP) is 4.10. The van der Waals surface area contributed by atoms with Crippen molar-refractivity contribution in [3.63, 3.8) is 0 Å². The molecule has 0 saturated heterocycles. The van der Waals surface area contributed by atoms with Crippen molar-refractivity contribution in [2.24, 2.45) is 5.10 Å². The lowest BCUT2D eigenvalue weighted by molar-refractivity contribution is -0.141. The Morgan fingerprint density at radius 2 is 1.90 bits per heavy atom. The smallest absolute Gasteiger partial charge is 0.433 e. The molecule has 0 saturated carbocycles. The number of benzene rings is 2. The summed E-state index contributed by atoms with van der Waals surface area (Å²) in [5.74, 6) is -0.772. The summed E-state index contributed by atoms with van der Waals surface area (Å²) in [5, 5.41) is 4.00. The van der Waals surface area contributed by atoms with Crippen LogP contribution in [0.3, 0.4) is 0 Å². The molecule has 2 aromatic carbocycles. The highest BCUT2D eigenvalue weighted by atomic mass is 35.5. The van der Waals surface area contributed by atoms with Crippen LogP contribution in [0.1, 0.15) is 16.8 Å². The van der Waals surface area contributed by atoms with E-state index in [9.17, 15) is 22.4 Å². The lowest BCUT2D eigenvalue weighted by Gasteiger charge is -2.09. The molecule has 0 spiro atoms. The van der Waals surface area contributed by atoms with Crippen LogP contribution in [0.5, 0.6) is 5.75 Å². The van der Waals surface area contributed by atoms with Gasteiger partial charge in [0.2, 0.25) is 5.95 Å². The number of ether oxygens (including phenoxy) is 1. The molecular weight excluding hydrogens is 428 g/mol. The summed E-state index contributed by atoms with van der Waals surface area (Å²) >= 11 is 5.94. The molecule has 0 atom stereocenters. The Bertz CT molecular complexity index is 1120. The summed E-state index contributed by atoms with van der Waals surface area (Å²) in [6.45, 7) is -0.0813. The molecule has 0 radical (unpaired) electrons. The zero-order valence-electron chi connectivity index (χ0n) is 15.0. The molecule has 156 valence electrons. The molecule has 0 bridgehead atoms. The zero-order valence-corrected chi connectivity index (χ0v) is 15.8. The quantitative estimate of drug-likeness (QED) is 0.478. The van der Waals surface area contributed by atoms with Gasteiger partial charge in [-0.25, -0.2) is 9.37 Å². The van der Waals surface area contributed by atoms with E-state index in [1.54, 1.807) is 30.3 Å². The highest BCUT2D eigenvalue weighted by Crippen LogP contribution is 2.27. The van der Waals surface area contributed by atoms with Gasteiger partial charge >= 0.3 is 6.18 Å². The molecule has 3 aromatic rings. The number of alkyl halides is 3. The van der Waals surface area contributed by atoms with E-state index in [2.05, 4.69) is 10.1 Å². The molecule has 0 unspecified atom stereocenters. The molecule has 30 heavy (non-hydrogen) atoms. The Morgan fingerprint density at radius 3 is 2.50 bits per heavy atom. The highest BCUT2D eigenvalue weighted by molar-refractivity contribution is 6.31. The van der Waals surface area contributed by atoms with Crippen LogP contribution in [0.4, 0.5) is 23.5 Å². The SMILES string of the molecule is Nc1nc(C(F)(F)F)cc(=O)n1/N=C/c1ccc(OCc2c(F)cccc2Cl)cc1. The summed E-state index contributed by atoms with van der Waals surface area (Å²) in [7, 11) is 0. The number of nitrogens with zero attached hydrogens (tertiary/aromatic N) is 3. The highest BCUT2D eigenvalue weighted by Gasteiger charge is 2.33. The average molecular weight is 441 g/mol. The number of halogens is 5.